The number of aliphatic imine (C=N–C) groups is 2. The van der Waals surface area contributed by atoms with Crippen LogP contribution in [0, 0.1) is 25.2 Å². The van der Waals surface area contributed by atoms with E-state index < -0.39 is 98.7 Å². The van der Waals surface area contributed by atoms with E-state index in [2.05, 4.69) is 104 Å². The highest BCUT2D eigenvalue weighted by Crippen LogP contribution is 2.49. The number of nitrogens with one attached hydrogen (secondary N) is 5. The molecule has 43 heteroatoms. The highest BCUT2D eigenvalue weighted by Gasteiger charge is 2.44. The van der Waals surface area contributed by atoms with Crippen molar-refractivity contribution in [2.24, 2.45) is 15.7 Å². The quantitative estimate of drug-likeness (QED) is 0.0105. The number of rotatable bonds is 37. The molecule has 0 amide bonds. The average Bonchev–Trinajstić information content (AvgIpc) is 1.64. The average molecular weight is 1640 g/mol. The minimum atomic E-state index is -3.27. The molecular formula is C70H106N22O18P2S. The second-order valence-electron chi connectivity index (χ2n) is 28.3. The fraction of sp³-hybridized carbons (Fsp3) is 0.643. The van der Waals surface area contributed by atoms with Crippen LogP contribution in [0.2, 0.25) is 0 Å². The molecule has 2 unspecified atom stereocenters. The van der Waals surface area contributed by atoms with Crippen LogP contribution in [0.4, 0.5) is 11.6 Å². The lowest BCUT2D eigenvalue weighted by Gasteiger charge is -2.36. The number of aromatic amines is 2. The molecule has 40 nitrogen and oxygen atoms in total. The summed E-state index contributed by atoms with van der Waals surface area (Å²) in [5.74, 6) is -0.342. The van der Waals surface area contributed by atoms with E-state index in [4.69, 9.17) is 69.3 Å². The first-order valence-electron chi connectivity index (χ1n) is 37.1. The van der Waals surface area contributed by atoms with E-state index in [0.29, 0.717) is 90.6 Å². The zero-order valence-electron chi connectivity index (χ0n) is 66.4. The molecule has 620 valence electrons. The van der Waals surface area contributed by atoms with Gasteiger partial charge in [0.25, 0.3) is 26.3 Å². The van der Waals surface area contributed by atoms with Gasteiger partial charge in [-0.1, -0.05) is 6.92 Å². The van der Waals surface area contributed by atoms with Gasteiger partial charge in [-0.05, 0) is 87.7 Å². The number of H-pyrrole nitrogens is 2. The summed E-state index contributed by atoms with van der Waals surface area (Å²) in [5.41, 5.74) is 6.90. The number of aryl methyl sites for hydroxylation is 2. The van der Waals surface area contributed by atoms with E-state index in [9.17, 15) is 38.4 Å². The number of Topliss-reactive ketones (excluding diaryl/α,β-unsaturated/α-hetero) is 2. The maximum Gasteiger partial charge on any atom is 0.330 e. The summed E-state index contributed by atoms with van der Waals surface area (Å²) in [4.78, 5) is 138. The van der Waals surface area contributed by atoms with Crippen molar-refractivity contribution in [1.29, 1.82) is 5.26 Å². The summed E-state index contributed by atoms with van der Waals surface area (Å²) in [7, 11) is 9.94. The van der Waals surface area contributed by atoms with Crippen molar-refractivity contribution in [3.8, 4) is 6.07 Å². The van der Waals surface area contributed by atoms with Crippen LogP contribution in [0.25, 0.3) is 22.3 Å². The minimum absolute atomic E-state index is 0.0132. The third-order valence-electron chi connectivity index (χ3n) is 18.2. The third-order valence-corrected chi connectivity index (χ3v) is 22.8. The SMILES string of the molecule is CC(=O)CCC(=O)OC[C@H]1O[C@@H](n2cc(C)c(=O)[nH]c2=O)C[C@@H]1N.CCCOP(=S)(N[C@H]1C[C@H](n2cc(C)c(=O)[nH]c2=O)O[C@@H]1COC(=O)CCC(C)=O)OC[C@H]1O[C@@H](n2cnc3c(N=CN(C)C)ncnc32)C[C@@H]1NC.CN[C@H]1C[C@H](n2cnc3c(N=CN(C)C)ncnc32)O[C@@H]1COP(OCCC#N)N(C(C)C)C(C)C. The summed E-state index contributed by atoms with van der Waals surface area (Å²) in [6.45, 7) is 13.9. The third kappa shape index (κ3) is 25.4. The van der Waals surface area contributed by atoms with E-state index in [0.717, 1.165) is 6.42 Å². The molecule has 6 aromatic rings. The monoisotopic (exact) mass is 1640 g/mol. The minimum Gasteiger partial charge on any atom is -0.463 e. The normalized spacial score (nSPS) is 23.1. The summed E-state index contributed by atoms with van der Waals surface area (Å²) in [5, 5.41) is 18.9. The number of imidazole rings is 2. The predicted octanol–water partition coefficient (Wildman–Crippen LogP) is 4.20. The van der Waals surface area contributed by atoms with E-state index in [-0.39, 0.29) is 100.0 Å². The van der Waals surface area contributed by atoms with Gasteiger partial charge in [0.15, 0.2) is 34.0 Å². The number of likely N-dealkylation sites (N-methyl/N-ethyl adjacent to an activating group) is 2. The second-order valence-corrected chi connectivity index (χ2v) is 33.0. The number of esters is 2. The van der Waals surface area contributed by atoms with Crippen LogP contribution in [-0.2, 0) is 77.5 Å². The number of aromatic nitrogens is 12. The van der Waals surface area contributed by atoms with Crippen LogP contribution in [0.1, 0.15) is 149 Å². The zero-order valence-corrected chi connectivity index (χ0v) is 69.0. The van der Waals surface area contributed by atoms with Crippen molar-refractivity contribution in [3.63, 3.8) is 0 Å². The Bertz CT molecular complexity index is 4580. The lowest BCUT2D eigenvalue weighted by molar-refractivity contribution is -0.150. The van der Waals surface area contributed by atoms with Gasteiger partial charge in [-0.3, -0.25) is 47.4 Å². The molecule has 4 aliphatic heterocycles. The van der Waals surface area contributed by atoms with Crippen LogP contribution in [0.3, 0.4) is 0 Å². The number of nitrogens with zero attached hydrogens (tertiary/aromatic N) is 16. The first-order valence-corrected chi connectivity index (χ1v) is 40.9. The van der Waals surface area contributed by atoms with Gasteiger partial charge in [-0.2, -0.15) is 5.26 Å². The number of hydrogen-bond donors (Lipinski definition) is 6. The van der Waals surface area contributed by atoms with E-state index in [1.54, 1.807) is 44.1 Å². The summed E-state index contributed by atoms with van der Waals surface area (Å²) in [6, 6.07) is 1.53. The molecule has 14 atom stereocenters. The fourth-order valence-corrected chi connectivity index (χ4v) is 16.5. The molecular weight excluding hydrogens is 1530 g/mol. The second kappa shape index (κ2) is 42.9. The molecule has 0 radical (unpaired) electrons. The first-order chi connectivity index (χ1) is 53.8. The van der Waals surface area contributed by atoms with Crippen molar-refractivity contribution in [3.05, 3.63) is 90.5 Å². The number of nitrogens with two attached hydrogens (primary N) is 1. The molecule has 0 spiro atoms. The Hall–Kier alpha value is -8.27. The highest BCUT2D eigenvalue weighted by atomic mass is 32.5. The number of nitriles is 1. The summed E-state index contributed by atoms with van der Waals surface area (Å²) < 4.78 is 68.9. The highest BCUT2D eigenvalue weighted by molar-refractivity contribution is 8.09. The van der Waals surface area contributed by atoms with Crippen molar-refractivity contribution < 1.29 is 65.7 Å². The number of ketones is 2. The molecule has 4 saturated heterocycles. The lowest BCUT2D eigenvalue weighted by atomic mass is 10.1. The van der Waals surface area contributed by atoms with Crippen molar-refractivity contribution >= 4 is 97.1 Å². The molecule has 0 aliphatic carbocycles. The number of ether oxygens (including phenoxy) is 6. The molecule has 10 heterocycles. The number of carbonyl (C=O) groups is 4. The van der Waals surface area contributed by atoms with Gasteiger partial charge in [-0.25, -0.2) is 59.2 Å². The van der Waals surface area contributed by atoms with Crippen LogP contribution in [0.15, 0.2) is 66.9 Å². The number of carbonyl (C=O) groups excluding carboxylic acids is 4. The number of hydrogen-bond acceptors (Lipinski definition) is 32. The largest absolute Gasteiger partial charge is 0.463 e. The molecule has 7 N–H and O–H groups in total. The summed E-state index contributed by atoms with van der Waals surface area (Å²) >= 11 is 6.03. The summed E-state index contributed by atoms with van der Waals surface area (Å²) in [6.07, 6.45) is 11.3. The predicted molar refractivity (Wildman–Crippen MR) is 421 cm³/mol. The van der Waals surface area contributed by atoms with Crippen LogP contribution >= 0.6 is 15.2 Å². The Morgan fingerprint density at radius 2 is 1.09 bits per heavy atom. The molecule has 4 fully saturated rings. The fourth-order valence-electron chi connectivity index (χ4n) is 12.4. The first kappa shape index (κ1) is 90.3. The number of fused-ring (bicyclic) bond motifs is 2. The maximum absolute atomic E-state index is 12.8. The smallest absolute Gasteiger partial charge is 0.330 e. The van der Waals surface area contributed by atoms with E-state index in [1.807, 2.05) is 63.2 Å². The van der Waals surface area contributed by atoms with Gasteiger partial charge in [0.05, 0.1) is 89.3 Å². The molecule has 6 aromatic heterocycles. The Morgan fingerprint density at radius 3 is 1.54 bits per heavy atom. The van der Waals surface area contributed by atoms with Crippen molar-refractivity contribution in [2.45, 2.75) is 212 Å². The Labute approximate surface area is 659 Å². The Morgan fingerprint density at radius 1 is 0.646 bits per heavy atom. The van der Waals surface area contributed by atoms with Gasteiger partial charge in [0, 0.05) is 126 Å². The Kier molecular flexibility index (Phi) is 34.3. The van der Waals surface area contributed by atoms with E-state index in [1.165, 1.54) is 48.0 Å². The van der Waals surface area contributed by atoms with Gasteiger partial charge in [-0.15, -0.1) is 0 Å². The Balaban J connectivity index is 0.000000230. The van der Waals surface area contributed by atoms with Crippen LogP contribution in [-0.4, -0.2) is 251 Å². The van der Waals surface area contributed by atoms with Crippen LogP contribution in [0.5, 0.6) is 0 Å². The van der Waals surface area contributed by atoms with Gasteiger partial charge in [0.2, 0.25) is 0 Å². The molecule has 0 aromatic carbocycles. The van der Waals surface area contributed by atoms with Crippen LogP contribution < -0.4 is 44.0 Å². The van der Waals surface area contributed by atoms with Gasteiger partial charge < -0.3 is 82.3 Å². The van der Waals surface area contributed by atoms with Gasteiger partial charge in [0.1, 0.15) is 74.6 Å². The van der Waals surface area contributed by atoms with Crippen molar-refractivity contribution in [1.82, 2.24) is 88.3 Å². The molecule has 0 bridgehead atoms. The molecule has 4 aliphatic rings. The zero-order chi connectivity index (χ0) is 82.4. The van der Waals surface area contributed by atoms with Crippen molar-refractivity contribution in [2.75, 3.05) is 81.9 Å². The van der Waals surface area contributed by atoms with E-state index >= 15 is 0 Å². The molecule has 10 rings (SSSR count). The molecule has 0 saturated carbocycles. The standard InChI is InChI=1S/C32H47N10O9PS.C23H38N9O3P.C15H21N3O6/c1-7-10-48-52(53,39-22-12-25(41-13-19(2)31(45)38-32(41)46)50-23(22)14-47-27(44)9-8-20(3)43)49-15-24-21(33-4)11-26(51-24)42-18-36-28-29(37-17-40(5)6)34-16-35-30(28)42;1-16(2)32(17(3)4)36(33-10-8-9-24)34-12-19-18(25-5)11-20(35-19)31-15-28-21-22(29-14-30(6)7)26-13-27-23(21)31;1-8-6-18(15(22)17-14(8)21)12-5-10(16)11(24-12)7-23-13(20)4-3-9(2)19/h13,16-18,21-26,33H,7-12,14-15H2,1-6H3,(H,39,53)(H,38,45,46);13-20,25H,8,10-12H2,1-7H3;6,10-12H,3-5,7,16H2,1-2H3,(H,17,21,22)/t21-,22-,23+,24+,25+,26+,52?;18-,19+,20+,36?;10-,11+,12+/m000/s1. The molecule has 113 heavy (non-hydrogen) atoms. The topological polar surface area (TPSA) is 478 Å². The maximum atomic E-state index is 12.8. The van der Waals surface area contributed by atoms with Gasteiger partial charge >= 0.3 is 23.3 Å². The lowest BCUT2D eigenvalue weighted by Crippen LogP contribution is -2.40.